The Balaban J connectivity index is 1.86. The predicted octanol–water partition coefficient (Wildman–Crippen LogP) is 5.68. The van der Waals surface area contributed by atoms with E-state index in [9.17, 15) is 0 Å². The maximum atomic E-state index is 2.38. The van der Waals surface area contributed by atoms with E-state index in [1.807, 2.05) is 0 Å². The molecule has 0 saturated carbocycles. The van der Waals surface area contributed by atoms with Crippen molar-refractivity contribution in [3.63, 3.8) is 0 Å². The van der Waals surface area contributed by atoms with Crippen LogP contribution in [-0.2, 0) is 0 Å². The lowest BCUT2D eigenvalue weighted by atomic mass is 10.1. The largest absolute Gasteiger partial charge is 0.309 e. The van der Waals surface area contributed by atoms with Gasteiger partial charge in [0.1, 0.15) is 0 Å². The first-order chi connectivity index (χ1) is 11.9. The molecule has 110 valence electrons. The van der Waals surface area contributed by atoms with Crippen molar-refractivity contribution in [1.29, 1.82) is 0 Å². The summed E-state index contributed by atoms with van der Waals surface area (Å²) in [6.45, 7) is 0. The molecule has 0 amide bonds. The van der Waals surface area contributed by atoms with Gasteiger partial charge < -0.3 is 8.80 Å². The topological polar surface area (TPSA) is 8.82 Å². The summed E-state index contributed by atoms with van der Waals surface area (Å²) >= 11 is 0. The Morgan fingerprint density at radius 3 is 1.29 bits per heavy atom. The standard InChI is InChI=1S/C22H12N2/c1-3-13-7-9-21-17-12-16-18(11-15(17)19(5-1)23(13)21)22-10-8-14-4-2-6-20(16)24(14)22/h1-12H. The van der Waals surface area contributed by atoms with Crippen molar-refractivity contribution in [3.05, 3.63) is 72.8 Å². The molecule has 7 aromatic rings. The molecule has 0 aliphatic carbocycles. The number of hydrogen-bond donors (Lipinski definition) is 0. The fourth-order valence-corrected chi connectivity index (χ4v) is 4.62. The summed E-state index contributed by atoms with van der Waals surface area (Å²) in [6.07, 6.45) is 0. The highest BCUT2D eigenvalue weighted by Gasteiger charge is 2.16. The van der Waals surface area contributed by atoms with E-state index < -0.39 is 0 Å². The Labute approximate surface area is 136 Å². The van der Waals surface area contributed by atoms with Crippen LogP contribution in [0.25, 0.3) is 54.6 Å². The summed E-state index contributed by atoms with van der Waals surface area (Å²) in [4.78, 5) is 0. The molecule has 0 unspecified atom stereocenters. The van der Waals surface area contributed by atoms with Gasteiger partial charge in [-0.25, -0.2) is 0 Å². The van der Waals surface area contributed by atoms with Crippen LogP contribution in [0.4, 0.5) is 0 Å². The van der Waals surface area contributed by atoms with Crippen LogP contribution in [0.2, 0.25) is 0 Å². The molecule has 24 heavy (non-hydrogen) atoms. The second-order valence-corrected chi connectivity index (χ2v) is 6.72. The van der Waals surface area contributed by atoms with Crippen molar-refractivity contribution < 1.29 is 0 Å². The molecule has 0 aliphatic heterocycles. The number of hydrogen-bond acceptors (Lipinski definition) is 0. The minimum Gasteiger partial charge on any atom is -0.309 e. The molecule has 6 heterocycles. The highest BCUT2D eigenvalue weighted by molar-refractivity contribution is 6.21. The zero-order valence-electron chi connectivity index (χ0n) is 12.8. The zero-order valence-corrected chi connectivity index (χ0v) is 12.8. The molecular weight excluding hydrogens is 292 g/mol. The van der Waals surface area contributed by atoms with Crippen LogP contribution in [0, 0.1) is 0 Å². The lowest BCUT2D eigenvalue weighted by Gasteiger charge is -1.97. The van der Waals surface area contributed by atoms with Gasteiger partial charge in [-0.2, -0.15) is 0 Å². The summed E-state index contributed by atoms with van der Waals surface area (Å²) in [7, 11) is 0. The molecule has 7 rings (SSSR count). The number of benzene rings is 1. The third kappa shape index (κ3) is 1.06. The fourth-order valence-electron chi connectivity index (χ4n) is 4.62. The van der Waals surface area contributed by atoms with E-state index in [-0.39, 0.29) is 0 Å². The van der Waals surface area contributed by atoms with Gasteiger partial charge in [0.2, 0.25) is 0 Å². The van der Waals surface area contributed by atoms with Crippen molar-refractivity contribution in [2.45, 2.75) is 0 Å². The van der Waals surface area contributed by atoms with Gasteiger partial charge in [-0.05, 0) is 60.7 Å². The molecule has 0 aliphatic rings. The van der Waals surface area contributed by atoms with E-state index >= 15 is 0 Å². The number of nitrogens with zero attached hydrogens (tertiary/aromatic N) is 2. The zero-order chi connectivity index (χ0) is 15.4. The van der Waals surface area contributed by atoms with Gasteiger partial charge in [-0.1, -0.05) is 12.1 Å². The van der Waals surface area contributed by atoms with E-state index in [0.29, 0.717) is 0 Å². The summed E-state index contributed by atoms with van der Waals surface area (Å²) in [5, 5.41) is 5.38. The first kappa shape index (κ1) is 11.3. The monoisotopic (exact) mass is 304 g/mol. The van der Waals surface area contributed by atoms with E-state index in [0.717, 1.165) is 0 Å². The average molecular weight is 304 g/mol. The Morgan fingerprint density at radius 1 is 0.417 bits per heavy atom. The minimum absolute atomic E-state index is 1.27. The van der Waals surface area contributed by atoms with Crippen molar-refractivity contribution in [1.82, 2.24) is 8.80 Å². The van der Waals surface area contributed by atoms with Gasteiger partial charge in [-0.3, -0.25) is 0 Å². The Hall–Kier alpha value is -3.26. The first-order valence-corrected chi connectivity index (χ1v) is 8.31. The molecule has 0 bridgehead atoms. The number of aromatic nitrogens is 2. The molecular formula is C22H12N2. The molecule has 2 nitrogen and oxygen atoms in total. The molecule has 0 radical (unpaired) electrons. The van der Waals surface area contributed by atoms with E-state index in [2.05, 4.69) is 81.6 Å². The van der Waals surface area contributed by atoms with Crippen LogP contribution in [0.3, 0.4) is 0 Å². The SMILES string of the molecule is c1cc2ccc3c4cc5c(cc4c(c1)n23)c1ccc2cccc5n21. The molecule has 0 saturated heterocycles. The molecule has 2 heteroatoms. The van der Waals surface area contributed by atoms with Crippen molar-refractivity contribution in [3.8, 4) is 0 Å². The van der Waals surface area contributed by atoms with Gasteiger partial charge >= 0.3 is 0 Å². The third-order valence-corrected chi connectivity index (χ3v) is 5.61. The van der Waals surface area contributed by atoms with Gasteiger partial charge in [0.15, 0.2) is 0 Å². The molecule has 0 fully saturated rings. The van der Waals surface area contributed by atoms with Crippen LogP contribution in [0.1, 0.15) is 0 Å². The van der Waals surface area contributed by atoms with Crippen LogP contribution in [0.15, 0.2) is 72.8 Å². The third-order valence-electron chi connectivity index (χ3n) is 5.61. The maximum absolute atomic E-state index is 2.38. The second-order valence-electron chi connectivity index (χ2n) is 6.72. The quantitative estimate of drug-likeness (QED) is 0.341. The van der Waals surface area contributed by atoms with Gasteiger partial charge in [0.25, 0.3) is 0 Å². The van der Waals surface area contributed by atoms with Gasteiger partial charge in [-0.15, -0.1) is 0 Å². The second kappa shape index (κ2) is 3.46. The molecule has 6 aromatic heterocycles. The predicted molar refractivity (Wildman–Crippen MR) is 101 cm³/mol. The van der Waals surface area contributed by atoms with Crippen LogP contribution >= 0.6 is 0 Å². The normalized spacial score (nSPS) is 13.0. The summed E-state index contributed by atoms with van der Waals surface area (Å²) in [5.74, 6) is 0. The molecule has 1 aromatic carbocycles. The van der Waals surface area contributed by atoms with Gasteiger partial charge in [0.05, 0.1) is 22.1 Å². The Morgan fingerprint density at radius 2 is 0.833 bits per heavy atom. The van der Waals surface area contributed by atoms with E-state index in [1.165, 1.54) is 54.6 Å². The first-order valence-electron chi connectivity index (χ1n) is 8.31. The van der Waals surface area contributed by atoms with Crippen LogP contribution < -0.4 is 0 Å². The minimum atomic E-state index is 1.27. The Kier molecular flexibility index (Phi) is 1.63. The van der Waals surface area contributed by atoms with Crippen molar-refractivity contribution in [2.24, 2.45) is 0 Å². The Bertz CT molecular complexity index is 1410. The van der Waals surface area contributed by atoms with E-state index in [1.54, 1.807) is 0 Å². The average Bonchev–Trinajstić information content (AvgIpc) is 3.36. The van der Waals surface area contributed by atoms with Gasteiger partial charge in [0, 0.05) is 32.6 Å². The number of pyridine rings is 2. The molecule has 0 atom stereocenters. The maximum Gasteiger partial charge on any atom is 0.0542 e. The summed E-state index contributed by atoms with van der Waals surface area (Å²) in [6, 6.07) is 26.8. The molecule has 0 spiro atoms. The fraction of sp³-hybridized carbons (Fsp3) is 0. The lowest BCUT2D eigenvalue weighted by molar-refractivity contribution is 1.35. The van der Waals surface area contributed by atoms with Crippen LogP contribution in [-0.4, -0.2) is 8.80 Å². The number of rotatable bonds is 0. The smallest absolute Gasteiger partial charge is 0.0542 e. The van der Waals surface area contributed by atoms with Crippen molar-refractivity contribution in [2.75, 3.05) is 0 Å². The van der Waals surface area contributed by atoms with Crippen LogP contribution in [0.5, 0.6) is 0 Å². The summed E-state index contributed by atoms with van der Waals surface area (Å²) < 4.78 is 4.75. The van der Waals surface area contributed by atoms with Crippen molar-refractivity contribution >= 4 is 54.6 Å². The lowest BCUT2D eigenvalue weighted by Crippen LogP contribution is -1.79. The van der Waals surface area contributed by atoms with E-state index in [4.69, 9.17) is 0 Å². The number of fused-ring (bicyclic) bond motifs is 6. The highest BCUT2D eigenvalue weighted by Crippen LogP contribution is 2.39. The summed E-state index contributed by atoms with van der Waals surface area (Å²) in [5.41, 5.74) is 7.75. The highest BCUT2D eigenvalue weighted by atomic mass is 14.9. The molecule has 0 N–H and O–H groups in total.